The van der Waals surface area contributed by atoms with Gasteiger partial charge in [-0.15, -0.1) is 0 Å². The average molecular weight is 351 g/mol. The van der Waals surface area contributed by atoms with Gasteiger partial charge >= 0.3 is 0 Å². The molecule has 0 spiro atoms. The predicted molar refractivity (Wildman–Crippen MR) is 93.7 cm³/mol. The summed E-state index contributed by atoms with van der Waals surface area (Å²) in [7, 11) is 1.31. The van der Waals surface area contributed by atoms with Crippen molar-refractivity contribution < 1.29 is 18.3 Å². The van der Waals surface area contributed by atoms with Crippen LogP contribution in [0.2, 0.25) is 0 Å². The van der Waals surface area contributed by atoms with Crippen molar-refractivity contribution in [1.29, 1.82) is 0 Å². The summed E-state index contributed by atoms with van der Waals surface area (Å²) in [5, 5.41) is 5.64. The number of carbonyl (C=O) groups excluding carboxylic acids is 1. The maximum Gasteiger partial charge on any atom is 0.266 e. The number of amides is 1. The Hall–Kier alpha value is -2.28. The molecule has 0 aliphatic heterocycles. The summed E-state index contributed by atoms with van der Waals surface area (Å²) in [4.78, 5) is 16.3. The maximum atomic E-state index is 13.5. The molecular formula is C18H23F2N3O2. The zero-order chi connectivity index (χ0) is 18.5. The Balaban J connectivity index is 1.89. The van der Waals surface area contributed by atoms with Crippen LogP contribution in [0.5, 0.6) is 0 Å². The quantitative estimate of drug-likeness (QED) is 0.706. The smallest absolute Gasteiger partial charge is 0.266 e. The molecule has 2 rings (SSSR count). The number of hydrogen-bond acceptors (Lipinski definition) is 4. The fourth-order valence-electron chi connectivity index (χ4n) is 2.42. The number of carbonyl (C=O) groups is 1. The molecule has 1 fully saturated rings. The topological polar surface area (TPSA) is 62.7 Å². The normalized spacial score (nSPS) is 21.0. The minimum Gasteiger partial charge on any atom is -0.386 e. The molecule has 136 valence electrons. The second-order valence-corrected chi connectivity index (χ2v) is 6.32. The number of nitrogens with zero attached hydrogens (tertiary/aromatic N) is 1. The van der Waals surface area contributed by atoms with E-state index in [2.05, 4.69) is 15.6 Å². The lowest BCUT2D eigenvalue weighted by Crippen LogP contribution is -2.33. The molecule has 5 nitrogen and oxygen atoms in total. The van der Waals surface area contributed by atoms with Crippen molar-refractivity contribution in [2.24, 2.45) is 10.4 Å². The third kappa shape index (κ3) is 4.63. The number of nitrogens with one attached hydrogen (secondary N) is 2. The van der Waals surface area contributed by atoms with Crippen molar-refractivity contribution in [3.05, 3.63) is 42.2 Å². The lowest BCUT2D eigenvalue weighted by molar-refractivity contribution is -0.127. The number of methoxy groups -OCH3 is 1. The van der Waals surface area contributed by atoms with E-state index in [1.807, 2.05) is 26.0 Å². The van der Waals surface area contributed by atoms with Gasteiger partial charge < -0.3 is 15.4 Å². The van der Waals surface area contributed by atoms with Gasteiger partial charge in [-0.05, 0) is 31.5 Å². The molecule has 1 saturated carbocycles. The van der Waals surface area contributed by atoms with E-state index in [4.69, 9.17) is 4.74 Å². The number of alkyl halides is 2. The Morgan fingerprint density at radius 3 is 2.48 bits per heavy atom. The molecule has 0 heterocycles. The molecule has 25 heavy (non-hydrogen) atoms. The van der Waals surface area contributed by atoms with Crippen molar-refractivity contribution in [2.75, 3.05) is 19.0 Å². The summed E-state index contributed by atoms with van der Waals surface area (Å²) in [6.45, 7) is 4.12. The van der Waals surface area contributed by atoms with Gasteiger partial charge in [0.2, 0.25) is 5.91 Å². The van der Waals surface area contributed by atoms with E-state index in [1.165, 1.54) is 7.11 Å². The SMILES string of the molecule is COCC1(C(=O)Nc2ccc(CN/C=C\N=C(C)C)cc2)CC1(F)F. The first kappa shape index (κ1) is 19.1. The van der Waals surface area contributed by atoms with Gasteiger partial charge in [-0.1, -0.05) is 12.1 Å². The average Bonchev–Trinajstić information content (AvgIpc) is 3.11. The van der Waals surface area contributed by atoms with E-state index in [0.717, 1.165) is 11.3 Å². The molecule has 2 N–H and O–H groups in total. The Kier molecular flexibility index (Phi) is 5.89. The lowest BCUT2D eigenvalue weighted by atomic mass is 10.1. The molecule has 0 bridgehead atoms. The van der Waals surface area contributed by atoms with Gasteiger partial charge in [0.05, 0.1) is 6.61 Å². The summed E-state index contributed by atoms with van der Waals surface area (Å²) >= 11 is 0. The molecule has 7 heteroatoms. The minimum atomic E-state index is -3.01. The molecule has 1 aliphatic carbocycles. The number of benzene rings is 1. The van der Waals surface area contributed by atoms with Crippen molar-refractivity contribution in [3.63, 3.8) is 0 Å². The van der Waals surface area contributed by atoms with Crippen molar-refractivity contribution in [2.45, 2.75) is 32.7 Å². The molecular weight excluding hydrogens is 328 g/mol. The largest absolute Gasteiger partial charge is 0.386 e. The molecule has 1 unspecified atom stereocenters. The Bertz CT molecular complexity index is 667. The second kappa shape index (κ2) is 7.74. The third-order valence-electron chi connectivity index (χ3n) is 3.97. The monoisotopic (exact) mass is 351 g/mol. The number of ether oxygens (including phenoxy) is 1. The molecule has 1 amide bonds. The van der Waals surface area contributed by atoms with E-state index < -0.39 is 23.7 Å². The molecule has 1 atom stereocenters. The fourth-order valence-corrected chi connectivity index (χ4v) is 2.42. The second-order valence-electron chi connectivity index (χ2n) is 6.32. The summed E-state index contributed by atoms with van der Waals surface area (Å²) < 4.78 is 31.9. The summed E-state index contributed by atoms with van der Waals surface area (Å²) in [6.07, 6.45) is 2.94. The summed E-state index contributed by atoms with van der Waals surface area (Å²) in [6, 6.07) is 7.01. The van der Waals surface area contributed by atoms with Crippen LogP contribution in [0.15, 0.2) is 41.7 Å². The van der Waals surface area contributed by atoms with Gasteiger partial charge in [0.25, 0.3) is 5.92 Å². The van der Waals surface area contributed by atoms with Gasteiger partial charge in [-0.3, -0.25) is 9.79 Å². The van der Waals surface area contributed by atoms with E-state index in [0.29, 0.717) is 12.2 Å². The minimum absolute atomic E-state index is 0.292. The van der Waals surface area contributed by atoms with Crippen LogP contribution in [0.25, 0.3) is 0 Å². The fraction of sp³-hybridized carbons (Fsp3) is 0.444. The Labute approximate surface area is 146 Å². The van der Waals surface area contributed by atoms with Crippen LogP contribution in [0.1, 0.15) is 25.8 Å². The Morgan fingerprint density at radius 1 is 1.32 bits per heavy atom. The third-order valence-corrected chi connectivity index (χ3v) is 3.97. The maximum absolute atomic E-state index is 13.5. The summed E-state index contributed by atoms with van der Waals surface area (Å²) in [5.74, 6) is -3.72. The zero-order valence-corrected chi connectivity index (χ0v) is 14.6. The van der Waals surface area contributed by atoms with Crippen molar-refractivity contribution in [1.82, 2.24) is 5.32 Å². The van der Waals surface area contributed by atoms with Crippen LogP contribution in [-0.2, 0) is 16.1 Å². The van der Waals surface area contributed by atoms with Gasteiger partial charge in [0, 0.05) is 43.9 Å². The molecule has 0 saturated heterocycles. The molecule has 1 aliphatic rings. The molecule has 1 aromatic rings. The summed E-state index contributed by atoms with van der Waals surface area (Å²) in [5.41, 5.74) is 0.688. The van der Waals surface area contributed by atoms with Crippen molar-refractivity contribution in [3.8, 4) is 0 Å². The highest BCUT2D eigenvalue weighted by molar-refractivity contribution is 5.98. The van der Waals surface area contributed by atoms with Gasteiger partial charge in [-0.2, -0.15) is 0 Å². The lowest BCUT2D eigenvalue weighted by Gasteiger charge is -2.15. The highest BCUT2D eigenvalue weighted by Crippen LogP contribution is 2.61. The first-order chi connectivity index (χ1) is 11.8. The van der Waals surface area contributed by atoms with Crippen LogP contribution in [0.3, 0.4) is 0 Å². The van der Waals surface area contributed by atoms with Crippen LogP contribution in [0.4, 0.5) is 14.5 Å². The van der Waals surface area contributed by atoms with Crippen LogP contribution < -0.4 is 10.6 Å². The first-order valence-corrected chi connectivity index (χ1v) is 7.97. The number of halogens is 2. The predicted octanol–water partition coefficient (Wildman–Crippen LogP) is 3.34. The van der Waals surface area contributed by atoms with E-state index in [1.54, 1.807) is 24.5 Å². The molecule has 0 aromatic heterocycles. The number of hydrogen-bond donors (Lipinski definition) is 2. The van der Waals surface area contributed by atoms with E-state index in [-0.39, 0.29) is 6.61 Å². The van der Waals surface area contributed by atoms with Crippen molar-refractivity contribution >= 4 is 17.3 Å². The molecule has 1 aromatic carbocycles. The van der Waals surface area contributed by atoms with E-state index in [9.17, 15) is 13.6 Å². The Morgan fingerprint density at radius 2 is 1.96 bits per heavy atom. The highest BCUT2D eigenvalue weighted by Gasteiger charge is 2.75. The number of rotatable bonds is 8. The zero-order valence-electron chi connectivity index (χ0n) is 14.6. The first-order valence-electron chi connectivity index (χ1n) is 7.97. The van der Waals surface area contributed by atoms with Gasteiger partial charge in [0.15, 0.2) is 0 Å². The highest BCUT2D eigenvalue weighted by atomic mass is 19.3. The number of anilines is 1. The van der Waals surface area contributed by atoms with Crippen LogP contribution in [0, 0.1) is 5.41 Å². The van der Waals surface area contributed by atoms with Gasteiger partial charge in [-0.25, -0.2) is 8.78 Å². The number of aliphatic imine (C=N–C) groups is 1. The standard InChI is InChI=1S/C18H23F2N3O2/c1-13(2)22-9-8-21-10-14-4-6-15(7-5-14)23-16(24)17(12-25-3)11-18(17,19)20/h4-9,21H,10-12H2,1-3H3,(H,23,24)/b9-8-. The van der Waals surface area contributed by atoms with Crippen LogP contribution >= 0.6 is 0 Å². The van der Waals surface area contributed by atoms with Gasteiger partial charge in [0.1, 0.15) is 5.41 Å². The van der Waals surface area contributed by atoms with E-state index >= 15 is 0 Å². The van der Waals surface area contributed by atoms with Crippen LogP contribution in [-0.4, -0.2) is 31.3 Å². The molecule has 0 radical (unpaired) electrons.